The Bertz CT molecular complexity index is 733. The van der Waals surface area contributed by atoms with Gasteiger partial charge in [-0.3, -0.25) is 4.98 Å². The zero-order valence-corrected chi connectivity index (χ0v) is 16.3. The van der Waals surface area contributed by atoms with Crippen molar-refractivity contribution >= 4 is 6.03 Å². The van der Waals surface area contributed by atoms with Crippen LogP contribution >= 0.6 is 0 Å². The molecule has 0 aromatic carbocycles. The van der Waals surface area contributed by atoms with E-state index in [9.17, 15) is 4.79 Å². The first-order valence-electron chi connectivity index (χ1n) is 9.49. The van der Waals surface area contributed by atoms with E-state index in [-0.39, 0.29) is 12.6 Å². The molecule has 0 saturated carbocycles. The number of carbonyl (C=O) groups excluding carboxylic acids is 1. The minimum Gasteiger partial charge on any atom is -0.338 e. The lowest BCUT2D eigenvalue weighted by Crippen LogP contribution is -2.45. The predicted molar refractivity (Wildman–Crippen MR) is 102 cm³/mol. The van der Waals surface area contributed by atoms with Crippen molar-refractivity contribution < 1.29 is 9.32 Å². The Morgan fingerprint density at radius 2 is 2.33 bits per heavy atom. The maximum absolute atomic E-state index is 12.4. The molecule has 0 aliphatic carbocycles. The summed E-state index contributed by atoms with van der Waals surface area (Å²) in [7, 11) is 1.73. The Balaban J connectivity index is 1.47. The number of nitrogens with zero attached hydrogens (tertiary/aromatic N) is 5. The van der Waals surface area contributed by atoms with Gasteiger partial charge in [-0.2, -0.15) is 4.98 Å². The van der Waals surface area contributed by atoms with Gasteiger partial charge >= 0.3 is 6.03 Å². The summed E-state index contributed by atoms with van der Waals surface area (Å²) in [6, 6.07) is 4.11. The lowest BCUT2D eigenvalue weighted by atomic mass is 9.97. The van der Waals surface area contributed by atoms with Gasteiger partial charge in [0.1, 0.15) is 6.54 Å². The molecule has 1 aliphatic heterocycles. The third-order valence-electron chi connectivity index (χ3n) is 4.93. The molecular weight excluding hydrogens is 344 g/mol. The minimum absolute atomic E-state index is 0.127. The second-order valence-corrected chi connectivity index (χ2v) is 7.39. The molecule has 1 fully saturated rings. The Kier molecular flexibility index (Phi) is 6.39. The number of aromatic nitrogens is 3. The van der Waals surface area contributed by atoms with Crippen LogP contribution in [-0.2, 0) is 6.54 Å². The van der Waals surface area contributed by atoms with Gasteiger partial charge in [0.15, 0.2) is 0 Å². The van der Waals surface area contributed by atoms with Crippen LogP contribution in [0.3, 0.4) is 0 Å². The van der Waals surface area contributed by atoms with Crippen LogP contribution in [0, 0.1) is 5.92 Å². The molecule has 8 heteroatoms. The fourth-order valence-electron chi connectivity index (χ4n) is 3.31. The molecule has 8 nitrogen and oxygen atoms in total. The molecule has 0 bridgehead atoms. The lowest BCUT2D eigenvalue weighted by molar-refractivity contribution is 0.137. The number of nitrogens with one attached hydrogen (secondary N) is 1. The van der Waals surface area contributed by atoms with E-state index in [1.165, 1.54) is 6.42 Å². The quantitative estimate of drug-likeness (QED) is 0.838. The highest BCUT2D eigenvalue weighted by Gasteiger charge is 2.22. The molecule has 2 aromatic rings. The van der Waals surface area contributed by atoms with Crippen LogP contribution in [0.2, 0.25) is 0 Å². The maximum atomic E-state index is 12.4. The second kappa shape index (κ2) is 8.94. The number of carbonyl (C=O) groups is 1. The van der Waals surface area contributed by atoms with Crippen molar-refractivity contribution in [3.63, 3.8) is 0 Å². The van der Waals surface area contributed by atoms with E-state index < -0.39 is 0 Å². The summed E-state index contributed by atoms with van der Waals surface area (Å²) in [4.78, 5) is 24.8. The lowest BCUT2D eigenvalue weighted by Gasteiger charge is -2.35. The molecular formula is C19H28N6O2. The molecule has 3 rings (SSSR count). The van der Waals surface area contributed by atoms with Crippen molar-refractivity contribution in [3.05, 3.63) is 30.4 Å². The zero-order valence-electron chi connectivity index (χ0n) is 16.3. The molecule has 2 amide bonds. The van der Waals surface area contributed by atoms with Gasteiger partial charge in [-0.25, -0.2) is 4.79 Å². The summed E-state index contributed by atoms with van der Waals surface area (Å²) < 4.78 is 5.26. The summed E-state index contributed by atoms with van der Waals surface area (Å²) in [6.07, 6.45) is 5.71. The number of rotatable bonds is 6. The van der Waals surface area contributed by atoms with Gasteiger partial charge in [-0.05, 0) is 51.3 Å². The Hall–Kier alpha value is -2.48. The maximum Gasteiger partial charge on any atom is 0.317 e. The normalized spacial score (nSPS) is 17.9. The van der Waals surface area contributed by atoms with Gasteiger partial charge in [0, 0.05) is 44.1 Å². The highest BCUT2D eigenvalue weighted by molar-refractivity contribution is 5.73. The van der Waals surface area contributed by atoms with Crippen LogP contribution in [0.1, 0.15) is 32.6 Å². The molecule has 1 atom stereocenters. The molecule has 3 heterocycles. The third-order valence-corrected chi connectivity index (χ3v) is 4.93. The number of hydrogen-bond acceptors (Lipinski definition) is 6. The monoisotopic (exact) mass is 372 g/mol. The smallest absolute Gasteiger partial charge is 0.317 e. The molecule has 146 valence electrons. The van der Waals surface area contributed by atoms with Crippen molar-refractivity contribution in [1.29, 1.82) is 0 Å². The van der Waals surface area contributed by atoms with Crippen molar-refractivity contribution in [1.82, 2.24) is 30.2 Å². The minimum atomic E-state index is -0.127. The second-order valence-electron chi connectivity index (χ2n) is 7.39. The fourth-order valence-corrected chi connectivity index (χ4v) is 3.31. The first-order chi connectivity index (χ1) is 13.0. The highest BCUT2D eigenvalue weighted by Crippen LogP contribution is 2.18. The molecule has 2 aromatic heterocycles. The average Bonchev–Trinajstić information content (AvgIpc) is 3.15. The highest BCUT2D eigenvalue weighted by atomic mass is 16.5. The molecule has 1 saturated heterocycles. The van der Waals surface area contributed by atoms with Gasteiger partial charge in [-0.1, -0.05) is 5.16 Å². The van der Waals surface area contributed by atoms with Crippen LogP contribution < -0.4 is 5.32 Å². The topological polar surface area (TPSA) is 87.4 Å². The molecule has 1 aliphatic rings. The van der Waals surface area contributed by atoms with E-state index >= 15 is 0 Å². The van der Waals surface area contributed by atoms with E-state index in [0.29, 0.717) is 30.2 Å². The molecule has 1 N–H and O–H groups in total. The fraction of sp³-hybridized carbons (Fsp3) is 0.579. The van der Waals surface area contributed by atoms with Gasteiger partial charge in [0.05, 0.1) is 0 Å². The summed E-state index contributed by atoms with van der Waals surface area (Å²) in [5.41, 5.74) is 0.784. The van der Waals surface area contributed by atoms with Crippen molar-refractivity contribution in [2.45, 2.75) is 39.3 Å². The molecule has 0 radical (unpaired) electrons. The summed E-state index contributed by atoms with van der Waals surface area (Å²) >= 11 is 0. The Labute approximate surface area is 159 Å². The number of pyridine rings is 1. The van der Waals surface area contributed by atoms with Gasteiger partial charge in [0.2, 0.25) is 11.7 Å². The van der Waals surface area contributed by atoms with Crippen molar-refractivity contribution in [3.8, 4) is 11.4 Å². The number of hydrogen-bond donors (Lipinski definition) is 1. The van der Waals surface area contributed by atoms with Crippen LogP contribution in [-0.4, -0.2) is 63.7 Å². The van der Waals surface area contributed by atoms with E-state index in [0.717, 1.165) is 25.1 Å². The van der Waals surface area contributed by atoms with Gasteiger partial charge in [-0.15, -0.1) is 0 Å². The third kappa shape index (κ3) is 5.26. The Morgan fingerprint density at radius 1 is 1.48 bits per heavy atom. The van der Waals surface area contributed by atoms with Gasteiger partial charge < -0.3 is 19.6 Å². The van der Waals surface area contributed by atoms with Crippen LogP contribution in [0.4, 0.5) is 4.79 Å². The largest absolute Gasteiger partial charge is 0.338 e. The zero-order chi connectivity index (χ0) is 19.2. The van der Waals surface area contributed by atoms with E-state index in [4.69, 9.17) is 4.52 Å². The number of urea groups is 1. The number of piperidine rings is 1. The first kappa shape index (κ1) is 19.3. The molecule has 0 unspecified atom stereocenters. The van der Waals surface area contributed by atoms with Crippen molar-refractivity contribution in [2.24, 2.45) is 5.92 Å². The molecule has 0 spiro atoms. The predicted octanol–water partition coefficient (Wildman–Crippen LogP) is 2.39. The van der Waals surface area contributed by atoms with Crippen LogP contribution in [0.25, 0.3) is 11.4 Å². The summed E-state index contributed by atoms with van der Waals surface area (Å²) in [5, 5.41) is 6.98. The van der Waals surface area contributed by atoms with Crippen LogP contribution in [0.5, 0.6) is 0 Å². The van der Waals surface area contributed by atoms with Gasteiger partial charge in [0.25, 0.3) is 0 Å². The van der Waals surface area contributed by atoms with Crippen LogP contribution in [0.15, 0.2) is 29.0 Å². The standard InChI is InChI=1S/C19H28N6O2/c1-14(2)25-9-5-6-15(12-25)10-21-19(26)24(3)13-17-22-18(23-27-17)16-7-4-8-20-11-16/h4,7-8,11,14-15H,5-6,9-10,12-13H2,1-3H3,(H,21,26)/t15-/m0/s1. The number of amides is 2. The molecule has 27 heavy (non-hydrogen) atoms. The number of likely N-dealkylation sites (tertiary alicyclic amines) is 1. The average molecular weight is 372 g/mol. The SMILES string of the molecule is CC(C)N1CCC[C@@H](CNC(=O)N(C)Cc2nc(-c3cccnc3)no2)C1. The van der Waals surface area contributed by atoms with E-state index in [1.54, 1.807) is 24.3 Å². The first-order valence-corrected chi connectivity index (χ1v) is 9.49. The summed E-state index contributed by atoms with van der Waals surface area (Å²) in [5.74, 6) is 1.37. The van der Waals surface area contributed by atoms with E-state index in [2.05, 4.69) is 39.2 Å². The van der Waals surface area contributed by atoms with E-state index in [1.807, 2.05) is 12.1 Å². The van der Waals surface area contributed by atoms with Crippen molar-refractivity contribution in [2.75, 3.05) is 26.7 Å². The Morgan fingerprint density at radius 3 is 3.07 bits per heavy atom. The summed E-state index contributed by atoms with van der Waals surface area (Å²) in [6.45, 7) is 7.59.